The van der Waals surface area contributed by atoms with Crippen LogP contribution in [0, 0.1) is 6.92 Å². The van der Waals surface area contributed by atoms with E-state index < -0.39 is 0 Å². The van der Waals surface area contributed by atoms with Crippen molar-refractivity contribution in [3.63, 3.8) is 0 Å². The van der Waals surface area contributed by atoms with Gasteiger partial charge in [-0.05, 0) is 14.0 Å². The van der Waals surface area contributed by atoms with Crippen molar-refractivity contribution in [2.75, 3.05) is 59.5 Å². The molecular weight excluding hydrogens is 206 g/mol. The van der Waals surface area contributed by atoms with Gasteiger partial charge in [-0.25, -0.2) is 0 Å². The highest BCUT2D eigenvalue weighted by Crippen LogP contribution is 1.97. The molecule has 1 amide bonds. The molecule has 1 aliphatic rings. The minimum absolute atomic E-state index is 0.0576. The number of amides is 1. The van der Waals surface area contributed by atoms with Gasteiger partial charge in [-0.1, -0.05) is 0 Å². The Bertz CT molecular complexity index is 203. The summed E-state index contributed by atoms with van der Waals surface area (Å²) in [6, 6.07) is 0. The molecule has 1 radical (unpaired) electrons. The Morgan fingerprint density at radius 2 is 2.06 bits per heavy atom. The monoisotopic (exact) mass is 228 g/mol. The molecule has 1 rings (SSSR count). The molecule has 1 aliphatic heterocycles. The van der Waals surface area contributed by atoms with Gasteiger partial charge in [0.25, 0.3) is 0 Å². The Hall–Kier alpha value is -0.650. The minimum Gasteiger partial charge on any atom is -0.372 e. The molecule has 1 N–H and O–H groups in total. The number of likely N-dealkylation sites (N-methyl/N-ethyl adjacent to an activating group) is 1. The largest absolute Gasteiger partial charge is 0.372 e. The number of ether oxygens (including phenoxy) is 1. The van der Waals surface area contributed by atoms with E-state index in [-0.39, 0.29) is 12.5 Å². The second kappa shape index (κ2) is 7.60. The van der Waals surface area contributed by atoms with E-state index in [1.54, 1.807) is 0 Å². The smallest absolute Gasteiger partial charge is 0.246 e. The van der Waals surface area contributed by atoms with Gasteiger partial charge in [0.15, 0.2) is 0 Å². The quantitative estimate of drug-likeness (QED) is 0.646. The van der Waals surface area contributed by atoms with E-state index in [2.05, 4.69) is 29.1 Å². The van der Waals surface area contributed by atoms with Gasteiger partial charge in [0.05, 0.1) is 0 Å². The van der Waals surface area contributed by atoms with Gasteiger partial charge in [0, 0.05) is 45.9 Å². The molecule has 0 aromatic rings. The summed E-state index contributed by atoms with van der Waals surface area (Å²) in [6.45, 7) is 9.97. The van der Waals surface area contributed by atoms with Gasteiger partial charge in [-0.15, -0.1) is 0 Å². The Balaban J connectivity index is 2.00. The summed E-state index contributed by atoms with van der Waals surface area (Å²) in [4.78, 5) is 15.9. The number of nitrogens with zero attached hydrogens (tertiary/aromatic N) is 2. The Kier molecular flexibility index (Phi) is 6.37. The number of nitrogens with one attached hydrogen (secondary N) is 1. The molecule has 0 spiro atoms. The van der Waals surface area contributed by atoms with Crippen LogP contribution in [0.3, 0.4) is 0 Å². The van der Waals surface area contributed by atoms with Crippen LogP contribution in [0.15, 0.2) is 0 Å². The fourth-order valence-corrected chi connectivity index (χ4v) is 1.64. The first kappa shape index (κ1) is 13.4. The van der Waals surface area contributed by atoms with Crippen molar-refractivity contribution in [2.45, 2.75) is 0 Å². The van der Waals surface area contributed by atoms with E-state index in [9.17, 15) is 4.79 Å². The maximum atomic E-state index is 11.2. The zero-order chi connectivity index (χ0) is 11.8. The molecule has 0 bridgehead atoms. The first-order valence-corrected chi connectivity index (χ1v) is 5.77. The van der Waals surface area contributed by atoms with Crippen molar-refractivity contribution in [1.29, 1.82) is 0 Å². The summed E-state index contributed by atoms with van der Waals surface area (Å²) in [5, 5.41) is 2.83. The summed E-state index contributed by atoms with van der Waals surface area (Å²) in [5.41, 5.74) is 0. The minimum atomic E-state index is -0.0576. The van der Waals surface area contributed by atoms with Crippen LogP contribution >= 0.6 is 0 Å². The van der Waals surface area contributed by atoms with Crippen molar-refractivity contribution >= 4 is 5.91 Å². The summed E-state index contributed by atoms with van der Waals surface area (Å²) >= 11 is 0. The highest BCUT2D eigenvalue weighted by atomic mass is 16.5. The van der Waals surface area contributed by atoms with Crippen LogP contribution in [0.4, 0.5) is 0 Å². The Labute approximate surface area is 97.7 Å². The van der Waals surface area contributed by atoms with Crippen LogP contribution in [0.1, 0.15) is 0 Å². The second-order valence-corrected chi connectivity index (χ2v) is 4.05. The SMILES string of the molecule is [CH2]COCC(=O)NCCN1CCN(C)CC1. The van der Waals surface area contributed by atoms with Gasteiger partial charge in [-0.2, -0.15) is 0 Å². The van der Waals surface area contributed by atoms with E-state index in [4.69, 9.17) is 4.74 Å². The van der Waals surface area contributed by atoms with Crippen LogP contribution in [0.25, 0.3) is 0 Å². The molecule has 5 heteroatoms. The summed E-state index contributed by atoms with van der Waals surface area (Å²) < 4.78 is 4.91. The van der Waals surface area contributed by atoms with Gasteiger partial charge in [0.2, 0.25) is 5.91 Å². The second-order valence-electron chi connectivity index (χ2n) is 4.05. The van der Waals surface area contributed by atoms with Gasteiger partial charge < -0.3 is 15.0 Å². The molecule has 1 heterocycles. The molecule has 1 saturated heterocycles. The number of piperazine rings is 1. The fourth-order valence-electron chi connectivity index (χ4n) is 1.64. The molecule has 0 aromatic heterocycles. The lowest BCUT2D eigenvalue weighted by Gasteiger charge is -2.32. The van der Waals surface area contributed by atoms with Gasteiger partial charge in [0.1, 0.15) is 6.61 Å². The number of hydrogen-bond donors (Lipinski definition) is 1. The number of hydrogen-bond acceptors (Lipinski definition) is 4. The van der Waals surface area contributed by atoms with Crippen LogP contribution in [0.5, 0.6) is 0 Å². The maximum Gasteiger partial charge on any atom is 0.246 e. The van der Waals surface area contributed by atoms with Crippen molar-refractivity contribution in [2.24, 2.45) is 0 Å². The van der Waals surface area contributed by atoms with E-state index in [1.807, 2.05) is 0 Å². The number of rotatable bonds is 6. The standard InChI is InChI=1S/C11H22N3O2/c1-3-16-10-11(15)12-4-5-14-8-6-13(2)7-9-14/h1,3-10H2,2H3,(H,12,15). The first-order chi connectivity index (χ1) is 7.72. The highest BCUT2D eigenvalue weighted by Gasteiger charge is 2.13. The molecule has 0 unspecified atom stereocenters. The lowest BCUT2D eigenvalue weighted by Crippen LogP contribution is -2.47. The number of carbonyl (C=O) groups is 1. The van der Waals surface area contributed by atoms with E-state index in [0.29, 0.717) is 13.2 Å². The molecule has 0 saturated carbocycles. The predicted molar refractivity (Wildman–Crippen MR) is 63.1 cm³/mol. The Morgan fingerprint density at radius 1 is 1.38 bits per heavy atom. The van der Waals surface area contributed by atoms with Gasteiger partial charge >= 0.3 is 0 Å². The fraction of sp³-hybridized carbons (Fsp3) is 0.818. The third-order valence-corrected chi connectivity index (χ3v) is 2.72. The third-order valence-electron chi connectivity index (χ3n) is 2.72. The van der Waals surface area contributed by atoms with Crippen molar-refractivity contribution < 1.29 is 9.53 Å². The average Bonchev–Trinajstić information content (AvgIpc) is 2.29. The van der Waals surface area contributed by atoms with Crippen LogP contribution in [-0.4, -0.2) is 75.2 Å². The lowest BCUT2D eigenvalue weighted by atomic mass is 10.3. The molecule has 0 aromatic carbocycles. The molecule has 0 aliphatic carbocycles. The zero-order valence-electron chi connectivity index (χ0n) is 10.1. The van der Waals surface area contributed by atoms with Crippen molar-refractivity contribution in [3.05, 3.63) is 6.92 Å². The predicted octanol–water partition coefficient (Wildman–Crippen LogP) is -0.799. The highest BCUT2D eigenvalue weighted by molar-refractivity contribution is 5.77. The summed E-state index contributed by atoms with van der Waals surface area (Å²) in [7, 11) is 2.13. The van der Waals surface area contributed by atoms with Crippen LogP contribution < -0.4 is 5.32 Å². The van der Waals surface area contributed by atoms with Crippen molar-refractivity contribution in [3.8, 4) is 0 Å². The molecule has 1 fully saturated rings. The van der Waals surface area contributed by atoms with E-state index >= 15 is 0 Å². The van der Waals surface area contributed by atoms with Gasteiger partial charge in [-0.3, -0.25) is 9.69 Å². The first-order valence-electron chi connectivity index (χ1n) is 5.77. The molecule has 16 heavy (non-hydrogen) atoms. The maximum absolute atomic E-state index is 11.2. The summed E-state index contributed by atoms with van der Waals surface area (Å²) in [6.07, 6.45) is 0. The lowest BCUT2D eigenvalue weighted by molar-refractivity contribution is -0.125. The molecule has 93 valence electrons. The van der Waals surface area contributed by atoms with E-state index in [0.717, 1.165) is 32.7 Å². The molecule has 0 atom stereocenters. The average molecular weight is 228 g/mol. The van der Waals surface area contributed by atoms with Crippen molar-refractivity contribution in [1.82, 2.24) is 15.1 Å². The molecular formula is C11H22N3O2. The van der Waals surface area contributed by atoms with Crippen LogP contribution in [-0.2, 0) is 9.53 Å². The normalized spacial score (nSPS) is 18.6. The number of carbonyl (C=O) groups excluding carboxylic acids is 1. The van der Waals surface area contributed by atoms with E-state index in [1.165, 1.54) is 0 Å². The van der Waals surface area contributed by atoms with Crippen LogP contribution in [0.2, 0.25) is 0 Å². The summed E-state index contributed by atoms with van der Waals surface area (Å²) in [5.74, 6) is -0.0576. The topological polar surface area (TPSA) is 44.8 Å². The molecule has 5 nitrogen and oxygen atoms in total. The zero-order valence-corrected chi connectivity index (χ0v) is 10.1. The third kappa shape index (κ3) is 5.44. The Morgan fingerprint density at radius 3 is 2.69 bits per heavy atom.